The zero-order chi connectivity index (χ0) is 12.6. The second-order valence-corrected chi connectivity index (χ2v) is 4.29. The third-order valence-electron chi connectivity index (χ3n) is 2.14. The summed E-state index contributed by atoms with van der Waals surface area (Å²) in [5, 5.41) is 7.42. The molecule has 0 aliphatic carbocycles. The smallest absolute Gasteiger partial charge is 0.208 e. The molecule has 0 atom stereocenters. The van der Waals surface area contributed by atoms with Crippen LogP contribution in [0, 0.1) is 5.41 Å². The molecule has 0 spiro atoms. The average molecular weight is 221 g/mol. The maximum Gasteiger partial charge on any atom is 0.208 e. The van der Waals surface area contributed by atoms with Crippen LogP contribution in [0.4, 0.5) is 0 Å². The van der Waals surface area contributed by atoms with Crippen LogP contribution in [0.3, 0.4) is 0 Å². The molecule has 90 valence electrons. The lowest BCUT2D eigenvalue weighted by molar-refractivity contribution is 0.346. The Morgan fingerprint density at radius 1 is 1.19 bits per heavy atom. The van der Waals surface area contributed by atoms with Crippen LogP contribution in [-0.2, 0) is 4.74 Å². The number of hydrogen-bond acceptors (Lipinski definition) is 2. The van der Waals surface area contributed by atoms with E-state index in [0.29, 0.717) is 12.2 Å². The van der Waals surface area contributed by atoms with Crippen LogP contribution in [0.5, 0.6) is 0 Å². The number of ether oxygens (including phenoxy) is 1. The molecule has 0 fully saturated rings. The zero-order valence-electron chi connectivity index (χ0n) is 10.9. The topological polar surface area (TPSA) is 33.1 Å². The van der Waals surface area contributed by atoms with E-state index >= 15 is 0 Å². The van der Waals surface area contributed by atoms with Crippen molar-refractivity contribution in [2.45, 2.75) is 40.5 Å². The van der Waals surface area contributed by atoms with Gasteiger partial charge in [-0.05, 0) is 46.6 Å². The highest BCUT2D eigenvalue weighted by Gasteiger charge is 1.96. The molecule has 0 unspecified atom stereocenters. The first-order valence-electron chi connectivity index (χ1n) is 5.59. The molecule has 2 nitrogen and oxygen atoms in total. The molecular weight excluding hydrogens is 198 g/mol. The van der Waals surface area contributed by atoms with Crippen LogP contribution in [-0.4, -0.2) is 12.5 Å². The molecule has 0 amide bonds. The Hall–Kier alpha value is -1.31. The minimum Gasteiger partial charge on any atom is -0.474 e. The fraction of sp³-hybridized carbons (Fsp3) is 0.500. The van der Waals surface area contributed by atoms with Crippen LogP contribution >= 0.6 is 0 Å². The summed E-state index contributed by atoms with van der Waals surface area (Å²) >= 11 is 0. The second-order valence-electron chi connectivity index (χ2n) is 4.29. The molecule has 0 saturated heterocycles. The molecule has 0 aromatic rings. The maximum absolute atomic E-state index is 7.42. The monoisotopic (exact) mass is 221 g/mol. The van der Waals surface area contributed by atoms with E-state index in [1.165, 1.54) is 11.1 Å². The third kappa shape index (κ3) is 8.04. The highest BCUT2D eigenvalue weighted by Crippen LogP contribution is 2.06. The minimum absolute atomic E-state index is 0.174. The van der Waals surface area contributed by atoms with Gasteiger partial charge in [0, 0.05) is 5.57 Å². The third-order valence-corrected chi connectivity index (χ3v) is 2.14. The SMILES string of the molecule is C=C(C)C(=N)OCC=C(C)CCC=C(C)C. The Labute approximate surface area is 99.2 Å². The summed E-state index contributed by atoms with van der Waals surface area (Å²) in [6, 6.07) is 0. The molecule has 0 bridgehead atoms. The van der Waals surface area contributed by atoms with E-state index in [9.17, 15) is 0 Å². The van der Waals surface area contributed by atoms with Crippen molar-refractivity contribution in [3.63, 3.8) is 0 Å². The minimum atomic E-state index is 0.174. The number of allylic oxidation sites excluding steroid dienone is 3. The van der Waals surface area contributed by atoms with Gasteiger partial charge in [0.25, 0.3) is 0 Å². The summed E-state index contributed by atoms with van der Waals surface area (Å²) in [7, 11) is 0. The zero-order valence-corrected chi connectivity index (χ0v) is 10.9. The fourth-order valence-corrected chi connectivity index (χ4v) is 1.08. The van der Waals surface area contributed by atoms with Crippen molar-refractivity contribution in [2.75, 3.05) is 6.61 Å². The quantitative estimate of drug-likeness (QED) is 0.406. The number of nitrogens with one attached hydrogen (secondary N) is 1. The highest BCUT2D eigenvalue weighted by molar-refractivity contribution is 5.89. The summed E-state index contributed by atoms with van der Waals surface area (Å²) in [4.78, 5) is 0. The molecule has 1 N–H and O–H groups in total. The molecule has 0 aromatic carbocycles. The summed E-state index contributed by atoms with van der Waals surface area (Å²) in [6.07, 6.45) is 6.38. The largest absolute Gasteiger partial charge is 0.474 e. The average Bonchev–Trinajstić information content (AvgIpc) is 2.16. The Morgan fingerprint density at radius 3 is 2.31 bits per heavy atom. The van der Waals surface area contributed by atoms with Crippen molar-refractivity contribution >= 4 is 5.90 Å². The Bertz CT molecular complexity index is 307. The summed E-state index contributed by atoms with van der Waals surface area (Å²) in [6.45, 7) is 12.2. The predicted octanol–water partition coefficient (Wildman–Crippen LogP) is 4.25. The van der Waals surface area contributed by atoms with Crippen LogP contribution in [0.1, 0.15) is 40.5 Å². The summed E-state index contributed by atoms with van der Waals surface area (Å²) in [5.74, 6) is 0.174. The first kappa shape index (κ1) is 14.7. The van der Waals surface area contributed by atoms with Gasteiger partial charge in [0.1, 0.15) is 6.61 Å². The first-order valence-corrected chi connectivity index (χ1v) is 5.59. The van der Waals surface area contributed by atoms with E-state index in [0.717, 1.165) is 12.8 Å². The highest BCUT2D eigenvalue weighted by atomic mass is 16.5. The van der Waals surface area contributed by atoms with Gasteiger partial charge in [-0.1, -0.05) is 23.8 Å². The van der Waals surface area contributed by atoms with Crippen molar-refractivity contribution in [2.24, 2.45) is 0 Å². The van der Waals surface area contributed by atoms with Gasteiger partial charge in [-0.3, -0.25) is 5.41 Å². The van der Waals surface area contributed by atoms with Gasteiger partial charge in [-0.2, -0.15) is 0 Å². The van der Waals surface area contributed by atoms with E-state index < -0.39 is 0 Å². The lowest BCUT2D eigenvalue weighted by Crippen LogP contribution is -2.03. The summed E-state index contributed by atoms with van der Waals surface area (Å²) < 4.78 is 5.19. The van der Waals surface area contributed by atoms with Crippen molar-refractivity contribution in [1.82, 2.24) is 0 Å². The molecule has 0 rings (SSSR count). The van der Waals surface area contributed by atoms with Crippen LogP contribution < -0.4 is 0 Å². The van der Waals surface area contributed by atoms with Crippen LogP contribution in [0.25, 0.3) is 0 Å². The number of rotatable bonds is 6. The molecule has 0 radical (unpaired) electrons. The van der Waals surface area contributed by atoms with Gasteiger partial charge in [0.2, 0.25) is 5.90 Å². The standard InChI is InChI=1S/C14H23NO/c1-11(2)7-6-8-13(5)9-10-16-14(15)12(3)4/h7,9,15H,3,6,8,10H2,1-2,4-5H3. The second kappa shape index (κ2) is 7.91. The molecular formula is C14H23NO. The lowest BCUT2D eigenvalue weighted by atomic mass is 10.1. The van der Waals surface area contributed by atoms with E-state index in [4.69, 9.17) is 10.1 Å². The molecule has 0 aliphatic heterocycles. The Balaban J connectivity index is 3.83. The van der Waals surface area contributed by atoms with Crippen molar-refractivity contribution < 1.29 is 4.74 Å². The molecule has 0 aromatic heterocycles. The Kier molecular flexibility index (Phi) is 7.27. The van der Waals surface area contributed by atoms with Gasteiger partial charge in [-0.15, -0.1) is 0 Å². The molecule has 0 aliphatic rings. The Morgan fingerprint density at radius 2 is 1.81 bits per heavy atom. The van der Waals surface area contributed by atoms with Gasteiger partial charge >= 0.3 is 0 Å². The van der Waals surface area contributed by atoms with E-state index in [1.54, 1.807) is 6.92 Å². The van der Waals surface area contributed by atoms with Crippen LogP contribution in [0.2, 0.25) is 0 Å². The molecule has 0 saturated carbocycles. The molecule has 0 heterocycles. The van der Waals surface area contributed by atoms with Crippen molar-refractivity contribution in [3.05, 3.63) is 35.5 Å². The lowest BCUT2D eigenvalue weighted by Gasteiger charge is -2.04. The van der Waals surface area contributed by atoms with E-state index in [-0.39, 0.29) is 5.90 Å². The number of hydrogen-bond donors (Lipinski definition) is 1. The van der Waals surface area contributed by atoms with Crippen molar-refractivity contribution in [3.8, 4) is 0 Å². The predicted molar refractivity (Wildman–Crippen MR) is 70.9 cm³/mol. The van der Waals surface area contributed by atoms with Gasteiger partial charge in [-0.25, -0.2) is 0 Å². The van der Waals surface area contributed by atoms with Gasteiger partial charge in [0.05, 0.1) is 0 Å². The summed E-state index contributed by atoms with van der Waals surface area (Å²) in [5.41, 5.74) is 3.32. The van der Waals surface area contributed by atoms with Gasteiger partial charge in [0.15, 0.2) is 0 Å². The molecule has 2 heteroatoms. The van der Waals surface area contributed by atoms with Crippen LogP contribution in [0.15, 0.2) is 35.5 Å². The first-order chi connectivity index (χ1) is 7.43. The molecule has 16 heavy (non-hydrogen) atoms. The normalized spacial score (nSPS) is 10.9. The van der Waals surface area contributed by atoms with Gasteiger partial charge < -0.3 is 4.74 Å². The maximum atomic E-state index is 7.42. The van der Waals surface area contributed by atoms with Crippen molar-refractivity contribution in [1.29, 1.82) is 5.41 Å². The van der Waals surface area contributed by atoms with E-state index in [2.05, 4.69) is 33.4 Å². The fourth-order valence-electron chi connectivity index (χ4n) is 1.08. The van der Waals surface area contributed by atoms with E-state index in [1.807, 2.05) is 6.08 Å².